The van der Waals surface area contributed by atoms with Gasteiger partial charge in [0.05, 0.1) is 4.91 Å². The summed E-state index contributed by atoms with van der Waals surface area (Å²) in [5.74, 6) is -0.216. The third kappa shape index (κ3) is 2.96. The Balaban J connectivity index is 2.34. The van der Waals surface area contributed by atoms with Crippen LogP contribution in [0.2, 0.25) is 0 Å². The molecule has 0 atom stereocenters. The van der Waals surface area contributed by atoms with E-state index in [4.69, 9.17) is 17.0 Å². The van der Waals surface area contributed by atoms with Gasteiger partial charge in [0.2, 0.25) is 0 Å². The maximum absolute atomic E-state index is 11.5. The molecular formula is C12H9NO3S2. The number of carbonyl (C=O) groups excluding carboxylic acids is 2. The number of esters is 1. The first-order valence-electron chi connectivity index (χ1n) is 5.08. The van der Waals surface area contributed by atoms with Crippen molar-refractivity contribution in [2.24, 2.45) is 0 Å². The first-order chi connectivity index (χ1) is 8.56. The molecule has 2 rings (SSSR count). The number of benzene rings is 1. The van der Waals surface area contributed by atoms with Crippen molar-refractivity contribution in [1.29, 1.82) is 0 Å². The summed E-state index contributed by atoms with van der Waals surface area (Å²) in [5, 5.41) is 2.53. The van der Waals surface area contributed by atoms with Crippen molar-refractivity contribution < 1.29 is 14.3 Å². The third-order valence-corrected chi connectivity index (χ3v) is 3.26. The van der Waals surface area contributed by atoms with Crippen molar-refractivity contribution in [3.05, 3.63) is 34.7 Å². The molecule has 1 saturated heterocycles. The van der Waals surface area contributed by atoms with E-state index in [9.17, 15) is 9.59 Å². The number of nitrogens with one attached hydrogen (secondary N) is 1. The highest BCUT2D eigenvalue weighted by atomic mass is 32.2. The van der Waals surface area contributed by atoms with Crippen LogP contribution in [-0.2, 0) is 9.59 Å². The highest BCUT2D eigenvalue weighted by Gasteiger charge is 2.22. The number of para-hydroxylation sites is 1. The van der Waals surface area contributed by atoms with Crippen molar-refractivity contribution in [3.63, 3.8) is 0 Å². The summed E-state index contributed by atoms with van der Waals surface area (Å²) in [6.07, 6.45) is 1.65. The summed E-state index contributed by atoms with van der Waals surface area (Å²) >= 11 is 6.08. The van der Waals surface area contributed by atoms with Crippen molar-refractivity contribution in [3.8, 4) is 5.75 Å². The summed E-state index contributed by atoms with van der Waals surface area (Å²) in [6.45, 7) is 1.33. The van der Waals surface area contributed by atoms with Crippen LogP contribution >= 0.6 is 24.0 Å². The summed E-state index contributed by atoms with van der Waals surface area (Å²) in [5.41, 5.74) is 0.662. The Hall–Kier alpha value is -1.66. The lowest BCUT2D eigenvalue weighted by Gasteiger charge is -2.05. The number of rotatable bonds is 2. The molecule has 1 aliphatic heterocycles. The molecule has 0 radical (unpaired) electrons. The standard InChI is InChI=1S/C12H9NO3S2/c1-7(14)16-9-5-3-2-4-8(9)6-10-11(15)13-12(17)18-10/h2-6H,1H3,(H,13,15,17). The van der Waals surface area contributed by atoms with Crippen molar-refractivity contribution in [2.75, 3.05) is 0 Å². The van der Waals surface area contributed by atoms with E-state index < -0.39 is 5.97 Å². The van der Waals surface area contributed by atoms with E-state index in [1.165, 1.54) is 18.7 Å². The normalized spacial score (nSPS) is 16.8. The predicted molar refractivity (Wildman–Crippen MR) is 74.1 cm³/mol. The molecule has 1 aliphatic rings. The molecule has 1 fully saturated rings. The Bertz CT molecular complexity index is 566. The van der Waals surface area contributed by atoms with Gasteiger partial charge in [-0.25, -0.2) is 0 Å². The quantitative estimate of drug-likeness (QED) is 0.389. The summed E-state index contributed by atoms with van der Waals surface area (Å²) < 4.78 is 5.49. The second-order valence-corrected chi connectivity index (χ2v) is 5.20. The zero-order valence-corrected chi connectivity index (χ0v) is 11.1. The molecule has 1 aromatic rings. The second-order valence-electron chi connectivity index (χ2n) is 3.48. The Kier molecular flexibility index (Phi) is 3.78. The van der Waals surface area contributed by atoms with E-state index in [1.54, 1.807) is 30.3 Å². The van der Waals surface area contributed by atoms with Crippen LogP contribution in [0.15, 0.2) is 29.2 Å². The minimum Gasteiger partial charge on any atom is -0.426 e. The van der Waals surface area contributed by atoms with E-state index in [1.807, 2.05) is 0 Å². The number of thiocarbonyl (C=S) groups is 1. The number of carbonyl (C=O) groups is 2. The number of amides is 1. The summed E-state index contributed by atoms with van der Waals surface area (Å²) in [4.78, 5) is 23.0. The molecule has 0 aromatic heterocycles. The van der Waals surface area contributed by atoms with E-state index in [0.717, 1.165) is 0 Å². The van der Waals surface area contributed by atoms with Gasteiger partial charge >= 0.3 is 5.97 Å². The summed E-state index contributed by atoms with van der Waals surface area (Å²) in [7, 11) is 0. The summed E-state index contributed by atoms with van der Waals surface area (Å²) in [6, 6.07) is 6.99. The first-order valence-corrected chi connectivity index (χ1v) is 6.31. The number of thioether (sulfide) groups is 1. The zero-order valence-electron chi connectivity index (χ0n) is 9.43. The highest BCUT2D eigenvalue weighted by molar-refractivity contribution is 8.26. The molecule has 6 heteroatoms. The lowest BCUT2D eigenvalue weighted by atomic mass is 10.2. The van der Waals surface area contributed by atoms with Crippen LogP contribution in [0.25, 0.3) is 6.08 Å². The van der Waals surface area contributed by atoms with Gasteiger partial charge in [-0.15, -0.1) is 0 Å². The van der Waals surface area contributed by atoms with Gasteiger partial charge < -0.3 is 10.1 Å². The maximum Gasteiger partial charge on any atom is 0.308 e. The minimum absolute atomic E-state index is 0.234. The molecule has 0 unspecified atom stereocenters. The van der Waals surface area contributed by atoms with Gasteiger partial charge in [-0.05, 0) is 12.1 Å². The van der Waals surface area contributed by atoms with Crippen LogP contribution in [0.1, 0.15) is 12.5 Å². The third-order valence-electron chi connectivity index (χ3n) is 2.10. The molecule has 0 aliphatic carbocycles. The van der Waals surface area contributed by atoms with Gasteiger partial charge in [0.1, 0.15) is 10.1 Å². The molecule has 1 aromatic carbocycles. The second kappa shape index (κ2) is 5.32. The molecule has 4 nitrogen and oxygen atoms in total. The topological polar surface area (TPSA) is 55.4 Å². The molecule has 0 spiro atoms. The van der Waals surface area contributed by atoms with Gasteiger partial charge in [-0.3, -0.25) is 9.59 Å². The molecule has 1 amide bonds. The van der Waals surface area contributed by atoms with Crippen LogP contribution in [-0.4, -0.2) is 16.2 Å². The minimum atomic E-state index is -0.403. The van der Waals surface area contributed by atoms with E-state index in [-0.39, 0.29) is 5.91 Å². The zero-order chi connectivity index (χ0) is 13.1. The lowest BCUT2D eigenvalue weighted by molar-refractivity contribution is -0.131. The largest absolute Gasteiger partial charge is 0.426 e. The van der Waals surface area contributed by atoms with E-state index in [2.05, 4.69) is 5.32 Å². The van der Waals surface area contributed by atoms with Gasteiger partial charge in [0.15, 0.2) is 0 Å². The lowest BCUT2D eigenvalue weighted by Crippen LogP contribution is -2.17. The van der Waals surface area contributed by atoms with Crippen LogP contribution in [0, 0.1) is 0 Å². The maximum atomic E-state index is 11.5. The number of ether oxygens (including phenoxy) is 1. The van der Waals surface area contributed by atoms with Gasteiger partial charge in [0, 0.05) is 12.5 Å². The monoisotopic (exact) mass is 279 g/mol. The smallest absolute Gasteiger partial charge is 0.308 e. The Morgan fingerprint density at radius 2 is 2.17 bits per heavy atom. The van der Waals surface area contributed by atoms with Crippen molar-refractivity contribution in [2.45, 2.75) is 6.92 Å². The Labute approximate surface area is 113 Å². The van der Waals surface area contributed by atoms with E-state index in [0.29, 0.717) is 20.5 Å². The van der Waals surface area contributed by atoms with Crippen LogP contribution in [0.4, 0.5) is 0 Å². The molecule has 0 bridgehead atoms. The van der Waals surface area contributed by atoms with Crippen LogP contribution < -0.4 is 10.1 Å². The van der Waals surface area contributed by atoms with E-state index >= 15 is 0 Å². The molecule has 1 heterocycles. The average molecular weight is 279 g/mol. The fraction of sp³-hybridized carbons (Fsp3) is 0.0833. The Morgan fingerprint density at radius 3 is 2.78 bits per heavy atom. The molecule has 0 saturated carbocycles. The molecule has 18 heavy (non-hydrogen) atoms. The fourth-order valence-corrected chi connectivity index (χ4v) is 2.44. The SMILES string of the molecule is CC(=O)Oc1ccccc1C=C1SC(=S)NC1=O. The predicted octanol–water partition coefficient (Wildman–Crippen LogP) is 2.10. The van der Waals surface area contributed by atoms with Crippen LogP contribution in [0.3, 0.4) is 0 Å². The fourth-order valence-electron chi connectivity index (χ4n) is 1.41. The highest BCUT2D eigenvalue weighted by Crippen LogP contribution is 2.29. The number of hydrogen-bond donors (Lipinski definition) is 1. The Morgan fingerprint density at radius 1 is 1.44 bits per heavy atom. The van der Waals surface area contributed by atoms with Crippen LogP contribution in [0.5, 0.6) is 5.75 Å². The molecular weight excluding hydrogens is 270 g/mol. The van der Waals surface area contributed by atoms with Gasteiger partial charge in [-0.1, -0.05) is 42.2 Å². The van der Waals surface area contributed by atoms with Gasteiger partial charge in [0.25, 0.3) is 5.91 Å². The van der Waals surface area contributed by atoms with Crippen molar-refractivity contribution >= 4 is 46.3 Å². The average Bonchev–Trinajstić information content (AvgIpc) is 2.59. The molecule has 92 valence electrons. The van der Waals surface area contributed by atoms with Crippen molar-refractivity contribution in [1.82, 2.24) is 5.32 Å². The molecule has 1 N–H and O–H groups in total. The number of hydrogen-bond acceptors (Lipinski definition) is 5. The first kappa shape index (κ1) is 12.8. The van der Waals surface area contributed by atoms with Gasteiger partial charge in [-0.2, -0.15) is 0 Å².